The molecule has 4 aromatic rings. The summed E-state index contributed by atoms with van der Waals surface area (Å²) in [5.74, 6) is 0. The molecule has 0 fully saturated rings. The van der Waals surface area contributed by atoms with E-state index in [9.17, 15) is 0 Å². The molecule has 4 rings (SSSR count). The Morgan fingerprint density at radius 2 is 1.28 bits per heavy atom. The summed E-state index contributed by atoms with van der Waals surface area (Å²) in [5.41, 5.74) is 9.19. The van der Waals surface area contributed by atoms with Crippen LogP contribution in [0, 0.1) is 6.92 Å². The van der Waals surface area contributed by atoms with Gasteiger partial charge in [-0.3, -0.25) is 0 Å². The fraction of sp³-hybridized carbons (Fsp3) is 0.0323. The molecule has 0 spiro atoms. The van der Waals surface area contributed by atoms with Crippen LogP contribution < -0.4 is 4.90 Å². The Kier molecular flexibility index (Phi) is 6.48. The molecule has 0 bridgehead atoms. The van der Waals surface area contributed by atoms with Crippen molar-refractivity contribution in [2.24, 2.45) is 0 Å². The first-order chi connectivity index (χ1) is 15.7. The summed E-state index contributed by atoms with van der Waals surface area (Å²) in [6, 6.07) is 36.4. The maximum Gasteiger partial charge on any atom is 0.0464 e. The first-order valence-corrected chi connectivity index (χ1v) is 10.8. The Hall–Kier alpha value is -4.10. The summed E-state index contributed by atoms with van der Waals surface area (Å²) in [6.07, 6.45) is 5.62. The van der Waals surface area contributed by atoms with Crippen LogP contribution in [0.2, 0.25) is 0 Å². The molecule has 0 aliphatic carbocycles. The van der Waals surface area contributed by atoms with Crippen molar-refractivity contribution in [1.82, 2.24) is 0 Å². The third kappa shape index (κ3) is 4.63. The zero-order chi connectivity index (χ0) is 22.3. The molecule has 0 aliphatic rings. The van der Waals surface area contributed by atoms with E-state index in [-0.39, 0.29) is 0 Å². The van der Waals surface area contributed by atoms with Gasteiger partial charge in [-0.15, -0.1) is 0 Å². The molecule has 0 aliphatic heterocycles. The SMILES string of the molecule is C=C/C=C(\C=C)c1ccc(N(c2ccc(-c3ccccc3)cc2)c2cccc(C)c2)cc1. The number of rotatable bonds is 7. The lowest BCUT2D eigenvalue weighted by molar-refractivity contribution is 1.27. The van der Waals surface area contributed by atoms with Crippen LogP contribution in [0.15, 0.2) is 135 Å². The standard InChI is InChI=1S/C31H27N/c1-4-10-25(5-2)27-15-19-29(20-16-27)32(31-14-9-11-24(3)23-31)30-21-17-28(18-22-30)26-12-7-6-8-13-26/h4-23H,1-2H2,3H3/b25-10+. The second kappa shape index (κ2) is 9.80. The molecule has 0 atom stereocenters. The maximum atomic E-state index is 3.93. The van der Waals surface area contributed by atoms with Crippen molar-refractivity contribution < 1.29 is 0 Å². The average molecular weight is 414 g/mol. The van der Waals surface area contributed by atoms with Crippen LogP contribution in [-0.4, -0.2) is 0 Å². The van der Waals surface area contributed by atoms with Gasteiger partial charge in [0.25, 0.3) is 0 Å². The van der Waals surface area contributed by atoms with E-state index < -0.39 is 0 Å². The van der Waals surface area contributed by atoms with Gasteiger partial charge in [-0.2, -0.15) is 0 Å². The van der Waals surface area contributed by atoms with E-state index >= 15 is 0 Å². The average Bonchev–Trinajstić information content (AvgIpc) is 2.84. The summed E-state index contributed by atoms with van der Waals surface area (Å²) in [7, 11) is 0. The minimum absolute atomic E-state index is 1.06. The van der Waals surface area contributed by atoms with Crippen LogP contribution in [0.3, 0.4) is 0 Å². The van der Waals surface area contributed by atoms with E-state index in [0.717, 1.165) is 28.2 Å². The molecule has 0 N–H and O–H groups in total. The van der Waals surface area contributed by atoms with Crippen LogP contribution in [0.25, 0.3) is 16.7 Å². The molecule has 32 heavy (non-hydrogen) atoms. The largest absolute Gasteiger partial charge is 0.310 e. The van der Waals surface area contributed by atoms with E-state index in [1.165, 1.54) is 16.7 Å². The topological polar surface area (TPSA) is 3.24 Å². The van der Waals surface area contributed by atoms with Crippen LogP contribution in [0.5, 0.6) is 0 Å². The first kappa shape index (κ1) is 21.1. The molecule has 0 aromatic heterocycles. The molecule has 0 saturated carbocycles. The van der Waals surface area contributed by atoms with Gasteiger partial charge in [-0.1, -0.05) is 98.1 Å². The molecule has 0 amide bonds. The first-order valence-electron chi connectivity index (χ1n) is 10.8. The Balaban J connectivity index is 1.76. The lowest BCUT2D eigenvalue weighted by atomic mass is 10.0. The molecule has 0 saturated heterocycles. The number of hydrogen-bond donors (Lipinski definition) is 0. The van der Waals surface area contributed by atoms with Crippen molar-refractivity contribution in [3.63, 3.8) is 0 Å². The third-order valence-corrected chi connectivity index (χ3v) is 5.47. The van der Waals surface area contributed by atoms with Gasteiger partial charge in [-0.25, -0.2) is 0 Å². The molecule has 0 radical (unpaired) electrons. The Morgan fingerprint density at radius 3 is 1.88 bits per heavy atom. The molecule has 156 valence electrons. The lowest BCUT2D eigenvalue weighted by Gasteiger charge is -2.26. The summed E-state index contributed by atoms with van der Waals surface area (Å²) >= 11 is 0. The van der Waals surface area contributed by atoms with Crippen molar-refractivity contribution in [3.05, 3.63) is 146 Å². The van der Waals surface area contributed by atoms with Gasteiger partial charge in [0, 0.05) is 17.1 Å². The van der Waals surface area contributed by atoms with E-state index in [2.05, 4.69) is 122 Å². The van der Waals surface area contributed by atoms with Gasteiger partial charge in [0.1, 0.15) is 0 Å². The highest BCUT2D eigenvalue weighted by atomic mass is 15.1. The van der Waals surface area contributed by atoms with Crippen molar-refractivity contribution in [2.45, 2.75) is 6.92 Å². The van der Waals surface area contributed by atoms with Crippen molar-refractivity contribution in [2.75, 3.05) is 4.90 Å². The third-order valence-electron chi connectivity index (χ3n) is 5.47. The van der Waals surface area contributed by atoms with E-state index in [0.29, 0.717) is 0 Å². The van der Waals surface area contributed by atoms with Gasteiger partial charge >= 0.3 is 0 Å². The molecular weight excluding hydrogens is 386 g/mol. The van der Waals surface area contributed by atoms with E-state index in [1.54, 1.807) is 6.08 Å². The smallest absolute Gasteiger partial charge is 0.0464 e. The van der Waals surface area contributed by atoms with Gasteiger partial charge in [0.05, 0.1) is 0 Å². The Morgan fingerprint density at radius 1 is 0.656 bits per heavy atom. The number of allylic oxidation sites excluding steroid dienone is 4. The highest BCUT2D eigenvalue weighted by molar-refractivity contribution is 5.81. The Labute approximate surface area is 191 Å². The quantitative estimate of drug-likeness (QED) is 0.273. The normalized spacial score (nSPS) is 11.1. The van der Waals surface area contributed by atoms with E-state index in [1.807, 2.05) is 18.2 Å². The van der Waals surface area contributed by atoms with Gasteiger partial charge < -0.3 is 4.90 Å². The fourth-order valence-corrected chi connectivity index (χ4v) is 3.86. The molecule has 1 nitrogen and oxygen atoms in total. The van der Waals surface area contributed by atoms with E-state index in [4.69, 9.17) is 0 Å². The van der Waals surface area contributed by atoms with Gasteiger partial charge in [0.2, 0.25) is 0 Å². The molecule has 0 unspecified atom stereocenters. The van der Waals surface area contributed by atoms with Crippen LogP contribution in [-0.2, 0) is 0 Å². The summed E-state index contributed by atoms with van der Waals surface area (Å²) in [4.78, 5) is 2.29. The number of aryl methyl sites for hydroxylation is 1. The minimum atomic E-state index is 1.06. The van der Waals surface area contributed by atoms with Crippen molar-refractivity contribution in [1.29, 1.82) is 0 Å². The highest BCUT2D eigenvalue weighted by Gasteiger charge is 2.13. The van der Waals surface area contributed by atoms with Crippen LogP contribution in [0.1, 0.15) is 11.1 Å². The maximum absolute atomic E-state index is 3.93. The molecule has 0 heterocycles. The number of anilines is 3. The summed E-state index contributed by atoms with van der Waals surface area (Å²) < 4.78 is 0. The van der Waals surface area contributed by atoms with Crippen molar-refractivity contribution >= 4 is 22.6 Å². The van der Waals surface area contributed by atoms with Crippen LogP contribution in [0.4, 0.5) is 17.1 Å². The second-order valence-electron chi connectivity index (χ2n) is 7.70. The summed E-state index contributed by atoms with van der Waals surface area (Å²) in [5, 5.41) is 0. The molecular formula is C31H27N. The monoisotopic (exact) mass is 413 g/mol. The molecule has 4 aromatic carbocycles. The Bertz CT molecular complexity index is 1230. The number of hydrogen-bond acceptors (Lipinski definition) is 1. The zero-order valence-corrected chi connectivity index (χ0v) is 18.4. The van der Waals surface area contributed by atoms with Crippen LogP contribution >= 0.6 is 0 Å². The minimum Gasteiger partial charge on any atom is -0.310 e. The lowest BCUT2D eigenvalue weighted by Crippen LogP contribution is -2.10. The number of benzene rings is 4. The molecule has 1 heteroatoms. The second-order valence-corrected chi connectivity index (χ2v) is 7.70. The fourth-order valence-electron chi connectivity index (χ4n) is 3.86. The predicted octanol–water partition coefficient (Wildman–Crippen LogP) is 8.89. The van der Waals surface area contributed by atoms with Gasteiger partial charge in [-0.05, 0) is 71.1 Å². The number of nitrogens with zero attached hydrogens (tertiary/aromatic N) is 1. The summed E-state index contributed by atoms with van der Waals surface area (Å²) in [6.45, 7) is 9.85. The van der Waals surface area contributed by atoms with Crippen molar-refractivity contribution in [3.8, 4) is 11.1 Å². The highest BCUT2D eigenvalue weighted by Crippen LogP contribution is 2.36. The zero-order valence-electron chi connectivity index (χ0n) is 18.4. The predicted molar refractivity (Wildman–Crippen MR) is 140 cm³/mol. The van der Waals surface area contributed by atoms with Gasteiger partial charge in [0.15, 0.2) is 0 Å².